The van der Waals surface area contributed by atoms with E-state index in [0.29, 0.717) is 28.8 Å². The predicted molar refractivity (Wildman–Crippen MR) is 109 cm³/mol. The minimum absolute atomic E-state index is 0.0525. The van der Waals surface area contributed by atoms with Crippen LogP contribution < -0.4 is 14.4 Å². The van der Waals surface area contributed by atoms with Gasteiger partial charge in [0.1, 0.15) is 16.9 Å². The number of aliphatic hydroxyl groups excluding tert-OH is 1. The fourth-order valence-electron chi connectivity index (χ4n) is 3.37. The van der Waals surface area contributed by atoms with Gasteiger partial charge in [0.25, 0.3) is 0 Å². The van der Waals surface area contributed by atoms with Crippen molar-refractivity contribution in [2.45, 2.75) is 19.1 Å². The molecule has 1 aliphatic rings. The molecule has 1 fully saturated rings. The number of para-hydroxylation sites is 1. The number of aromatic nitrogens is 1. The van der Waals surface area contributed by atoms with Crippen LogP contribution in [0.2, 0.25) is 5.02 Å². The second-order valence-corrected chi connectivity index (χ2v) is 7.15. The summed E-state index contributed by atoms with van der Waals surface area (Å²) in [6.07, 6.45) is 2.40. The van der Waals surface area contributed by atoms with Crippen LogP contribution in [0.1, 0.15) is 12.0 Å². The van der Waals surface area contributed by atoms with E-state index in [-0.39, 0.29) is 18.5 Å². The van der Waals surface area contributed by atoms with E-state index in [1.807, 2.05) is 6.07 Å². The van der Waals surface area contributed by atoms with Crippen molar-refractivity contribution in [2.75, 3.05) is 18.0 Å². The molecule has 3 aromatic rings. The van der Waals surface area contributed by atoms with Crippen LogP contribution >= 0.6 is 11.6 Å². The Balaban J connectivity index is 1.47. The highest BCUT2D eigenvalue weighted by atomic mass is 35.5. The van der Waals surface area contributed by atoms with Crippen LogP contribution in [0, 0.1) is 5.82 Å². The molecule has 4 rings (SSSR count). The summed E-state index contributed by atoms with van der Waals surface area (Å²) in [5, 5.41) is 10.3. The van der Waals surface area contributed by atoms with Gasteiger partial charge in [-0.2, -0.15) is 0 Å². The second-order valence-electron chi connectivity index (χ2n) is 6.75. The Labute approximate surface area is 173 Å². The zero-order valence-corrected chi connectivity index (χ0v) is 16.3. The lowest BCUT2D eigenvalue weighted by Crippen LogP contribution is -2.25. The van der Waals surface area contributed by atoms with Gasteiger partial charge in [-0.05, 0) is 42.5 Å². The number of halogens is 2. The highest BCUT2D eigenvalue weighted by Crippen LogP contribution is 2.32. The third-order valence-electron chi connectivity index (χ3n) is 4.77. The first kappa shape index (κ1) is 19.5. The highest BCUT2D eigenvalue weighted by Gasteiger charge is 2.26. The number of aliphatic hydroxyl groups is 1. The van der Waals surface area contributed by atoms with Crippen LogP contribution in [0.4, 0.5) is 10.1 Å². The minimum atomic E-state index is -0.435. The van der Waals surface area contributed by atoms with Crippen LogP contribution in [-0.4, -0.2) is 29.3 Å². The Morgan fingerprint density at radius 1 is 1.17 bits per heavy atom. The summed E-state index contributed by atoms with van der Waals surface area (Å²) in [5.41, 5.74) is 1.60. The van der Waals surface area contributed by atoms with Gasteiger partial charge in [0, 0.05) is 30.4 Å². The SMILES string of the molecule is OCc1cc(Oc2ccccc2F)ccc1N1CCC(Oc2ncccc2Cl)C1. The molecule has 7 heteroatoms. The van der Waals surface area contributed by atoms with Gasteiger partial charge in [-0.1, -0.05) is 23.7 Å². The van der Waals surface area contributed by atoms with Crippen LogP contribution in [0.3, 0.4) is 0 Å². The molecular weight excluding hydrogens is 395 g/mol. The zero-order chi connectivity index (χ0) is 20.2. The van der Waals surface area contributed by atoms with Crippen LogP contribution in [0.15, 0.2) is 60.8 Å². The summed E-state index contributed by atoms with van der Waals surface area (Å²) in [6.45, 7) is 1.26. The molecule has 0 radical (unpaired) electrons. The quantitative estimate of drug-likeness (QED) is 0.627. The van der Waals surface area contributed by atoms with Crippen LogP contribution in [0.25, 0.3) is 0 Å². The molecule has 5 nitrogen and oxygen atoms in total. The molecule has 1 N–H and O–H groups in total. The van der Waals surface area contributed by atoms with E-state index < -0.39 is 5.82 Å². The summed E-state index contributed by atoms with van der Waals surface area (Å²) < 4.78 is 25.4. The van der Waals surface area contributed by atoms with E-state index in [1.165, 1.54) is 6.07 Å². The molecule has 2 aromatic carbocycles. The standard InChI is InChI=1S/C22H20ClFN2O3/c23-18-4-3-10-25-22(18)29-17-9-11-26(13-17)20-8-7-16(12-15(20)14-27)28-21-6-2-1-5-19(21)24/h1-8,10,12,17,27H,9,11,13-14H2. The van der Waals surface area contributed by atoms with Crippen molar-refractivity contribution in [1.29, 1.82) is 0 Å². The number of hydrogen-bond acceptors (Lipinski definition) is 5. The summed E-state index contributed by atoms with van der Waals surface area (Å²) in [5.74, 6) is 0.605. The van der Waals surface area contributed by atoms with E-state index >= 15 is 0 Å². The topological polar surface area (TPSA) is 54.8 Å². The fourth-order valence-corrected chi connectivity index (χ4v) is 3.54. The van der Waals surface area contributed by atoms with Crippen molar-refractivity contribution in [3.63, 3.8) is 0 Å². The Kier molecular flexibility index (Phi) is 5.83. The number of hydrogen-bond donors (Lipinski definition) is 1. The van der Waals surface area contributed by atoms with E-state index in [0.717, 1.165) is 18.7 Å². The summed E-state index contributed by atoms with van der Waals surface area (Å²) in [4.78, 5) is 6.31. The number of rotatable bonds is 6. The third-order valence-corrected chi connectivity index (χ3v) is 5.06. The number of anilines is 1. The molecule has 0 amide bonds. The Morgan fingerprint density at radius 2 is 2.03 bits per heavy atom. The monoisotopic (exact) mass is 414 g/mol. The van der Waals surface area contributed by atoms with Crippen molar-refractivity contribution in [2.24, 2.45) is 0 Å². The van der Waals surface area contributed by atoms with Crippen molar-refractivity contribution < 1.29 is 19.0 Å². The first-order chi connectivity index (χ1) is 14.1. The maximum atomic E-state index is 13.8. The number of pyridine rings is 1. The lowest BCUT2D eigenvalue weighted by Gasteiger charge is -2.22. The normalized spacial score (nSPS) is 16.1. The summed E-state index contributed by atoms with van der Waals surface area (Å²) >= 11 is 6.12. The van der Waals surface area contributed by atoms with Gasteiger partial charge in [-0.25, -0.2) is 9.37 Å². The summed E-state index contributed by atoms with van der Waals surface area (Å²) in [7, 11) is 0. The highest BCUT2D eigenvalue weighted by molar-refractivity contribution is 6.31. The van der Waals surface area contributed by atoms with E-state index in [2.05, 4.69) is 9.88 Å². The molecule has 1 atom stereocenters. The number of ether oxygens (including phenoxy) is 2. The first-order valence-electron chi connectivity index (χ1n) is 9.32. The average Bonchev–Trinajstić information content (AvgIpc) is 3.19. The second kappa shape index (κ2) is 8.68. The maximum Gasteiger partial charge on any atom is 0.232 e. The van der Waals surface area contributed by atoms with Gasteiger partial charge in [0.05, 0.1) is 13.2 Å². The van der Waals surface area contributed by atoms with Crippen LogP contribution in [0.5, 0.6) is 17.4 Å². The molecule has 0 aliphatic carbocycles. The van der Waals surface area contributed by atoms with E-state index in [9.17, 15) is 9.50 Å². The molecule has 2 heterocycles. The molecule has 150 valence electrons. The molecule has 1 unspecified atom stereocenters. The first-order valence-corrected chi connectivity index (χ1v) is 9.70. The average molecular weight is 415 g/mol. The largest absolute Gasteiger partial charge is 0.471 e. The van der Waals surface area contributed by atoms with Crippen molar-refractivity contribution >= 4 is 17.3 Å². The Hall–Kier alpha value is -2.83. The molecular formula is C22H20ClFN2O3. The lowest BCUT2D eigenvalue weighted by molar-refractivity contribution is 0.216. The van der Waals surface area contributed by atoms with Crippen molar-refractivity contribution in [3.05, 3.63) is 77.2 Å². The molecule has 29 heavy (non-hydrogen) atoms. The zero-order valence-electron chi connectivity index (χ0n) is 15.6. The van der Waals surface area contributed by atoms with Gasteiger partial charge in [-0.3, -0.25) is 0 Å². The van der Waals surface area contributed by atoms with E-state index in [1.54, 1.807) is 48.7 Å². The minimum Gasteiger partial charge on any atom is -0.471 e. The van der Waals surface area contributed by atoms with Gasteiger partial charge in [-0.15, -0.1) is 0 Å². The summed E-state index contributed by atoms with van der Waals surface area (Å²) in [6, 6.07) is 15.1. The molecule has 0 saturated carbocycles. The molecule has 1 aromatic heterocycles. The Bertz CT molecular complexity index is 1000. The van der Waals surface area contributed by atoms with E-state index in [4.69, 9.17) is 21.1 Å². The molecule has 1 aliphatic heterocycles. The van der Waals surface area contributed by atoms with Crippen molar-refractivity contribution in [3.8, 4) is 17.4 Å². The van der Waals surface area contributed by atoms with Crippen molar-refractivity contribution in [1.82, 2.24) is 4.98 Å². The predicted octanol–water partition coefficient (Wildman–Crippen LogP) is 4.82. The number of nitrogens with zero attached hydrogens (tertiary/aromatic N) is 2. The van der Waals surface area contributed by atoms with Gasteiger partial charge in [0.15, 0.2) is 11.6 Å². The lowest BCUT2D eigenvalue weighted by atomic mass is 10.1. The molecule has 1 saturated heterocycles. The van der Waals surface area contributed by atoms with Gasteiger partial charge < -0.3 is 19.5 Å². The van der Waals surface area contributed by atoms with Gasteiger partial charge in [0.2, 0.25) is 5.88 Å². The smallest absolute Gasteiger partial charge is 0.232 e. The number of benzene rings is 2. The maximum absolute atomic E-state index is 13.8. The molecule has 0 bridgehead atoms. The van der Waals surface area contributed by atoms with Crippen LogP contribution in [-0.2, 0) is 6.61 Å². The Morgan fingerprint density at radius 3 is 2.83 bits per heavy atom. The molecule has 0 spiro atoms. The van der Waals surface area contributed by atoms with Gasteiger partial charge >= 0.3 is 0 Å². The third kappa shape index (κ3) is 4.44. The fraction of sp³-hybridized carbons (Fsp3) is 0.227.